The molecule has 1 aliphatic heterocycles. The second kappa shape index (κ2) is 4.57. The summed E-state index contributed by atoms with van der Waals surface area (Å²) in [5.74, 6) is -1.00. The van der Waals surface area contributed by atoms with E-state index in [-0.39, 0.29) is 18.0 Å². The van der Waals surface area contributed by atoms with Crippen LogP contribution < -0.4 is 10.2 Å². The second-order valence-electron chi connectivity index (χ2n) is 5.71. The van der Waals surface area contributed by atoms with Crippen LogP contribution in [-0.4, -0.2) is 29.7 Å². The van der Waals surface area contributed by atoms with E-state index in [0.717, 1.165) is 5.56 Å². The van der Waals surface area contributed by atoms with Gasteiger partial charge in [-0.3, -0.25) is 4.90 Å². The van der Waals surface area contributed by atoms with Crippen LogP contribution in [0.1, 0.15) is 26.3 Å². The van der Waals surface area contributed by atoms with E-state index in [2.05, 4.69) is 26.1 Å². The molecule has 1 aromatic rings. The monoisotopic (exact) mass is 262 g/mol. The summed E-state index contributed by atoms with van der Waals surface area (Å²) in [5.41, 5.74) is 1.77. The van der Waals surface area contributed by atoms with Crippen LogP contribution in [0, 0.1) is 0 Å². The van der Waals surface area contributed by atoms with Crippen LogP contribution in [0.4, 0.5) is 10.5 Å². The van der Waals surface area contributed by atoms with Crippen LogP contribution in [0.2, 0.25) is 0 Å². The van der Waals surface area contributed by atoms with Crippen molar-refractivity contribution in [2.24, 2.45) is 0 Å². The van der Waals surface area contributed by atoms with Gasteiger partial charge in [-0.25, -0.2) is 9.59 Å². The van der Waals surface area contributed by atoms with Crippen LogP contribution in [0.25, 0.3) is 0 Å². The number of amides is 2. The van der Waals surface area contributed by atoms with Gasteiger partial charge in [0.2, 0.25) is 0 Å². The molecule has 2 N–H and O–H groups in total. The Morgan fingerprint density at radius 2 is 1.89 bits per heavy atom. The van der Waals surface area contributed by atoms with Gasteiger partial charge in [0.15, 0.2) is 6.04 Å². The number of anilines is 1. The fraction of sp³-hybridized carbons (Fsp3) is 0.429. The minimum Gasteiger partial charge on any atom is -0.480 e. The number of carbonyl (C=O) groups is 2. The molecule has 0 aliphatic carbocycles. The van der Waals surface area contributed by atoms with Crippen molar-refractivity contribution in [1.29, 1.82) is 0 Å². The molecule has 1 fully saturated rings. The SMILES string of the molecule is CC(C)(C)c1ccc(N2C(=O)NCC2C(=O)O)cc1. The summed E-state index contributed by atoms with van der Waals surface area (Å²) in [7, 11) is 0. The predicted octanol–water partition coefficient (Wildman–Crippen LogP) is 1.97. The zero-order chi connectivity index (χ0) is 14.2. The third-order valence-electron chi connectivity index (χ3n) is 3.27. The molecule has 0 spiro atoms. The summed E-state index contributed by atoms with van der Waals surface area (Å²) in [6.07, 6.45) is 0. The molecule has 0 aromatic heterocycles. The molecule has 2 rings (SSSR count). The third-order valence-corrected chi connectivity index (χ3v) is 3.27. The van der Waals surface area contributed by atoms with Gasteiger partial charge in [0.1, 0.15) is 0 Å². The zero-order valence-electron chi connectivity index (χ0n) is 11.3. The highest BCUT2D eigenvalue weighted by molar-refractivity contribution is 6.01. The molecule has 1 atom stereocenters. The summed E-state index contributed by atoms with van der Waals surface area (Å²) in [4.78, 5) is 24.1. The first-order valence-electron chi connectivity index (χ1n) is 6.21. The van der Waals surface area contributed by atoms with Crippen molar-refractivity contribution < 1.29 is 14.7 Å². The van der Waals surface area contributed by atoms with Crippen molar-refractivity contribution in [2.45, 2.75) is 32.2 Å². The Labute approximate surface area is 112 Å². The first kappa shape index (κ1) is 13.4. The largest absolute Gasteiger partial charge is 0.480 e. The van der Waals surface area contributed by atoms with Gasteiger partial charge in [0.25, 0.3) is 0 Å². The van der Waals surface area contributed by atoms with Crippen LogP contribution in [0.3, 0.4) is 0 Å². The number of hydrogen-bond acceptors (Lipinski definition) is 2. The number of carboxylic acid groups (broad SMARTS) is 1. The van der Waals surface area contributed by atoms with Gasteiger partial charge in [-0.1, -0.05) is 32.9 Å². The van der Waals surface area contributed by atoms with E-state index < -0.39 is 12.0 Å². The second-order valence-corrected chi connectivity index (χ2v) is 5.71. The molecule has 1 saturated heterocycles. The van der Waals surface area contributed by atoms with Crippen molar-refractivity contribution in [3.8, 4) is 0 Å². The normalized spacial score (nSPS) is 19.4. The third kappa shape index (κ3) is 2.54. The summed E-state index contributed by atoms with van der Waals surface area (Å²) in [6.45, 7) is 6.44. The van der Waals surface area contributed by atoms with E-state index in [9.17, 15) is 9.59 Å². The van der Waals surface area contributed by atoms with Gasteiger partial charge in [-0.05, 0) is 23.1 Å². The molecule has 1 heterocycles. The number of aliphatic carboxylic acids is 1. The van der Waals surface area contributed by atoms with E-state index in [0.29, 0.717) is 5.69 Å². The number of benzene rings is 1. The van der Waals surface area contributed by atoms with Crippen LogP contribution in [0.5, 0.6) is 0 Å². The van der Waals surface area contributed by atoms with Crippen LogP contribution in [0.15, 0.2) is 24.3 Å². The van der Waals surface area contributed by atoms with Gasteiger partial charge >= 0.3 is 12.0 Å². The molecule has 2 amide bonds. The van der Waals surface area contributed by atoms with E-state index in [1.165, 1.54) is 4.90 Å². The molecule has 1 aromatic carbocycles. The highest BCUT2D eigenvalue weighted by Crippen LogP contribution is 2.26. The fourth-order valence-corrected chi connectivity index (χ4v) is 2.12. The highest BCUT2D eigenvalue weighted by Gasteiger charge is 2.37. The molecule has 1 aliphatic rings. The van der Waals surface area contributed by atoms with Crippen molar-refractivity contribution in [1.82, 2.24) is 5.32 Å². The molecule has 5 heteroatoms. The smallest absolute Gasteiger partial charge is 0.328 e. The Kier molecular flexibility index (Phi) is 3.22. The first-order chi connectivity index (χ1) is 8.80. The minimum absolute atomic E-state index is 0.0258. The highest BCUT2D eigenvalue weighted by atomic mass is 16.4. The summed E-state index contributed by atoms with van der Waals surface area (Å²) >= 11 is 0. The molecule has 0 bridgehead atoms. The van der Waals surface area contributed by atoms with Gasteiger partial charge in [0.05, 0.1) is 6.54 Å². The molecule has 1 unspecified atom stereocenters. The van der Waals surface area contributed by atoms with Crippen molar-refractivity contribution in [3.05, 3.63) is 29.8 Å². The molecule has 0 radical (unpaired) electrons. The minimum atomic E-state index is -1.00. The molecular weight excluding hydrogens is 244 g/mol. The summed E-state index contributed by atoms with van der Waals surface area (Å²) in [5, 5.41) is 11.7. The maximum atomic E-state index is 11.7. The number of carboxylic acids is 1. The topological polar surface area (TPSA) is 69.6 Å². The average molecular weight is 262 g/mol. The molecule has 102 valence electrons. The van der Waals surface area contributed by atoms with Gasteiger partial charge in [0, 0.05) is 5.69 Å². The maximum Gasteiger partial charge on any atom is 0.328 e. The quantitative estimate of drug-likeness (QED) is 0.856. The Hall–Kier alpha value is -2.04. The molecule has 5 nitrogen and oxygen atoms in total. The Bertz CT molecular complexity index is 502. The molecule has 19 heavy (non-hydrogen) atoms. The Morgan fingerprint density at radius 1 is 1.32 bits per heavy atom. The van der Waals surface area contributed by atoms with Crippen LogP contribution >= 0.6 is 0 Å². The number of nitrogens with one attached hydrogen (secondary N) is 1. The van der Waals surface area contributed by atoms with Crippen molar-refractivity contribution in [2.75, 3.05) is 11.4 Å². The number of rotatable bonds is 2. The first-order valence-corrected chi connectivity index (χ1v) is 6.21. The zero-order valence-corrected chi connectivity index (χ0v) is 11.3. The van der Waals surface area contributed by atoms with E-state index in [4.69, 9.17) is 5.11 Å². The standard InChI is InChI=1S/C14H18N2O3/c1-14(2,3)9-4-6-10(7-5-9)16-11(12(17)18)8-15-13(16)19/h4-7,11H,8H2,1-3H3,(H,15,19)(H,17,18). The Morgan fingerprint density at radius 3 is 2.37 bits per heavy atom. The van der Waals surface area contributed by atoms with Crippen LogP contribution in [-0.2, 0) is 10.2 Å². The lowest BCUT2D eigenvalue weighted by molar-refractivity contribution is -0.137. The summed E-state index contributed by atoms with van der Waals surface area (Å²) < 4.78 is 0. The van der Waals surface area contributed by atoms with E-state index in [1.807, 2.05) is 12.1 Å². The molecule has 0 saturated carbocycles. The van der Waals surface area contributed by atoms with E-state index in [1.54, 1.807) is 12.1 Å². The lowest BCUT2D eigenvalue weighted by Crippen LogP contribution is -2.39. The van der Waals surface area contributed by atoms with Crippen molar-refractivity contribution >= 4 is 17.7 Å². The predicted molar refractivity (Wildman–Crippen MR) is 72.4 cm³/mol. The average Bonchev–Trinajstić information content (AvgIpc) is 2.70. The van der Waals surface area contributed by atoms with Gasteiger partial charge in [-0.15, -0.1) is 0 Å². The number of hydrogen-bond donors (Lipinski definition) is 2. The van der Waals surface area contributed by atoms with E-state index >= 15 is 0 Å². The van der Waals surface area contributed by atoms with Gasteiger partial charge < -0.3 is 10.4 Å². The van der Waals surface area contributed by atoms with Crippen molar-refractivity contribution in [3.63, 3.8) is 0 Å². The lowest BCUT2D eigenvalue weighted by Gasteiger charge is -2.23. The van der Waals surface area contributed by atoms with Gasteiger partial charge in [-0.2, -0.15) is 0 Å². The number of carbonyl (C=O) groups excluding carboxylic acids is 1. The summed E-state index contributed by atoms with van der Waals surface area (Å²) in [6, 6.07) is 6.24. The molecular formula is C14H18N2O3. The fourth-order valence-electron chi connectivity index (χ4n) is 2.12. The Balaban J connectivity index is 2.31. The number of nitrogens with zero attached hydrogens (tertiary/aromatic N) is 1. The lowest BCUT2D eigenvalue weighted by atomic mass is 9.87. The number of urea groups is 1. The maximum absolute atomic E-state index is 11.7.